The van der Waals surface area contributed by atoms with Crippen molar-refractivity contribution >= 4 is 11.8 Å². The van der Waals surface area contributed by atoms with E-state index in [9.17, 15) is 14.7 Å². The first-order valence-electron chi connectivity index (χ1n) is 13.3. The summed E-state index contributed by atoms with van der Waals surface area (Å²) in [6.45, 7) is 8.55. The Kier molecular flexibility index (Phi) is 12.3. The first kappa shape index (κ1) is 30.2. The maximum Gasteiger partial charge on any atom is 0.225 e. The standard InChI is InChI=1S/C28H47N3O5/c1-8-18(2)25(29-5)23(35-6)17-24(32)31-16-12-15-22(31)27(36-7)19(3)28(34)30-20(4)26(33)21-13-10-9-11-14-21/h9-11,13-14,18-20,22-23,25-27,29,33H,8,12,15-17H2,1-7H3,(H,30,34)/t18-,19+,20+,22-,23+,25-,26+,27+/m0/s1. The van der Waals surface area contributed by atoms with Gasteiger partial charge in [0, 0.05) is 26.8 Å². The molecule has 0 aromatic heterocycles. The van der Waals surface area contributed by atoms with Gasteiger partial charge in [0.05, 0.1) is 42.7 Å². The number of methoxy groups -OCH3 is 2. The Hall–Kier alpha value is -2.00. The minimum Gasteiger partial charge on any atom is -0.386 e. The molecule has 8 atom stereocenters. The van der Waals surface area contributed by atoms with Crippen LogP contribution in [0.15, 0.2) is 30.3 Å². The Morgan fingerprint density at radius 1 is 1.14 bits per heavy atom. The monoisotopic (exact) mass is 505 g/mol. The van der Waals surface area contributed by atoms with Crippen LogP contribution in [0.3, 0.4) is 0 Å². The van der Waals surface area contributed by atoms with Crippen LogP contribution < -0.4 is 10.6 Å². The van der Waals surface area contributed by atoms with E-state index in [-0.39, 0.29) is 36.4 Å². The molecule has 2 rings (SSSR count). The predicted molar refractivity (Wildman–Crippen MR) is 141 cm³/mol. The van der Waals surface area contributed by atoms with Gasteiger partial charge in [0.25, 0.3) is 0 Å². The van der Waals surface area contributed by atoms with Crippen LogP contribution in [-0.2, 0) is 19.1 Å². The van der Waals surface area contributed by atoms with Crippen LogP contribution in [0.1, 0.15) is 65.0 Å². The van der Waals surface area contributed by atoms with Crippen molar-refractivity contribution in [2.75, 3.05) is 27.8 Å². The molecule has 0 saturated carbocycles. The summed E-state index contributed by atoms with van der Waals surface area (Å²) in [4.78, 5) is 28.4. The molecule has 1 heterocycles. The van der Waals surface area contributed by atoms with E-state index in [0.29, 0.717) is 12.5 Å². The lowest BCUT2D eigenvalue weighted by molar-refractivity contribution is -0.142. The van der Waals surface area contributed by atoms with Gasteiger partial charge in [-0.05, 0) is 38.3 Å². The minimum atomic E-state index is -0.815. The summed E-state index contributed by atoms with van der Waals surface area (Å²) in [5, 5.41) is 16.9. The number of rotatable bonds is 14. The molecule has 8 nitrogen and oxygen atoms in total. The molecule has 204 valence electrons. The van der Waals surface area contributed by atoms with Crippen molar-refractivity contribution in [2.45, 2.75) is 89.8 Å². The maximum atomic E-state index is 13.4. The zero-order chi connectivity index (χ0) is 26.8. The van der Waals surface area contributed by atoms with Crippen LogP contribution in [0.4, 0.5) is 0 Å². The normalized spacial score (nSPS) is 21.8. The van der Waals surface area contributed by atoms with E-state index in [1.54, 1.807) is 21.1 Å². The van der Waals surface area contributed by atoms with Gasteiger partial charge in [-0.1, -0.05) is 57.5 Å². The number of aliphatic hydroxyl groups is 1. The summed E-state index contributed by atoms with van der Waals surface area (Å²) < 4.78 is 11.6. The van der Waals surface area contributed by atoms with Crippen LogP contribution in [0.25, 0.3) is 0 Å². The second-order valence-electron chi connectivity index (χ2n) is 10.1. The number of likely N-dealkylation sites (N-methyl/N-ethyl adjacent to an activating group) is 1. The third kappa shape index (κ3) is 7.51. The Bertz CT molecular complexity index is 808. The van der Waals surface area contributed by atoms with Gasteiger partial charge < -0.3 is 30.1 Å². The van der Waals surface area contributed by atoms with Crippen molar-refractivity contribution in [3.05, 3.63) is 35.9 Å². The van der Waals surface area contributed by atoms with Gasteiger partial charge in [-0.25, -0.2) is 0 Å². The maximum absolute atomic E-state index is 13.4. The third-order valence-corrected chi connectivity index (χ3v) is 7.83. The second-order valence-corrected chi connectivity index (χ2v) is 10.1. The van der Waals surface area contributed by atoms with Crippen molar-refractivity contribution in [1.29, 1.82) is 0 Å². The smallest absolute Gasteiger partial charge is 0.225 e. The molecular formula is C28H47N3O5. The first-order chi connectivity index (χ1) is 17.2. The number of hydrogen-bond acceptors (Lipinski definition) is 6. The van der Waals surface area contributed by atoms with Crippen LogP contribution in [-0.4, -0.2) is 80.0 Å². The van der Waals surface area contributed by atoms with Gasteiger partial charge in [0.15, 0.2) is 0 Å². The largest absolute Gasteiger partial charge is 0.386 e. The van der Waals surface area contributed by atoms with Gasteiger partial charge in [-0.2, -0.15) is 0 Å². The summed E-state index contributed by atoms with van der Waals surface area (Å²) in [5.41, 5.74) is 0.749. The number of aliphatic hydroxyl groups excluding tert-OH is 1. The molecule has 3 N–H and O–H groups in total. The topological polar surface area (TPSA) is 100 Å². The molecule has 1 aliphatic rings. The molecule has 0 bridgehead atoms. The molecule has 1 aromatic rings. The number of nitrogens with zero attached hydrogens (tertiary/aromatic N) is 1. The van der Waals surface area contributed by atoms with Crippen molar-refractivity contribution in [3.63, 3.8) is 0 Å². The predicted octanol–water partition coefficient (Wildman–Crippen LogP) is 2.91. The first-order valence-corrected chi connectivity index (χ1v) is 13.3. The number of ether oxygens (including phenoxy) is 2. The molecule has 2 amide bonds. The van der Waals surface area contributed by atoms with Crippen LogP contribution in [0.2, 0.25) is 0 Å². The quantitative estimate of drug-likeness (QED) is 0.360. The van der Waals surface area contributed by atoms with E-state index in [2.05, 4.69) is 24.5 Å². The highest BCUT2D eigenvalue weighted by atomic mass is 16.5. The zero-order valence-electron chi connectivity index (χ0n) is 23.1. The van der Waals surface area contributed by atoms with Gasteiger partial charge in [0.1, 0.15) is 0 Å². The fourth-order valence-electron chi connectivity index (χ4n) is 5.40. The lowest BCUT2D eigenvalue weighted by Crippen LogP contribution is -2.52. The Morgan fingerprint density at radius 2 is 1.81 bits per heavy atom. The van der Waals surface area contributed by atoms with Crippen molar-refractivity contribution in [2.24, 2.45) is 11.8 Å². The molecule has 0 unspecified atom stereocenters. The highest BCUT2D eigenvalue weighted by Crippen LogP contribution is 2.28. The molecule has 1 fully saturated rings. The third-order valence-electron chi connectivity index (χ3n) is 7.83. The molecule has 0 spiro atoms. The average Bonchev–Trinajstić information content (AvgIpc) is 3.38. The molecule has 1 aliphatic heterocycles. The highest BCUT2D eigenvalue weighted by molar-refractivity contribution is 5.80. The average molecular weight is 506 g/mol. The Morgan fingerprint density at radius 3 is 2.36 bits per heavy atom. The van der Waals surface area contributed by atoms with Crippen molar-refractivity contribution in [3.8, 4) is 0 Å². The highest BCUT2D eigenvalue weighted by Gasteiger charge is 2.41. The number of hydrogen-bond donors (Lipinski definition) is 3. The summed E-state index contributed by atoms with van der Waals surface area (Å²) in [5.74, 6) is -0.311. The SMILES string of the molecule is CC[C@H](C)[C@H](NC)[C@@H](CC(=O)N1CCC[C@H]1[C@H](OC)[C@@H](C)C(=O)N[C@H](C)[C@@H](O)c1ccccc1)OC. The zero-order valence-corrected chi connectivity index (χ0v) is 23.1. The number of nitrogens with one attached hydrogen (secondary N) is 2. The molecule has 36 heavy (non-hydrogen) atoms. The van der Waals surface area contributed by atoms with Gasteiger partial charge >= 0.3 is 0 Å². The van der Waals surface area contributed by atoms with Crippen LogP contribution in [0, 0.1) is 11.8 Å². The Balaban J connectivity index is 2.07. The van der Waals surface area contributed by atoms with Gasteiger partial charge in [-0.15, -0.1) is 0 Å². The summed E-state index contributed by atoms with van der Waals surface area (Å²) >= 11 is 0. The van der Waals surface area contributed by atoms with E-state index < -0.39 is 24.2 Å². The Labute approximate surface area is 217 Å². The minimum absolute atomic E-state index is 0.0235. The van der Waals surface area contributed by atoms with Crippen LogP contribution >= 0.6 is 0 Å². The van der Waals surface area contributed by atoms with E-state index in [0.717, 1.165) is 24.8 Å². The number of amides is 2. The summed E-state index contributed by atoms with van der Waals surface area (Å²) in [7, 11) is 5.15. The molecule has 1 aromatic carbocycles. The fraction of sp³-hybridized carbons (Fsp3) is 0.714. The van der Waals surface area contributed by atoms with Crippen molar-refractivity contribution in [1.82, 2.24) is 15.5 Å². The van der Waals surface area contributed by atoms with Gasteiger partial charge in [0.2, 0.25) is 11.8 Å². The van der Waals surface area contributed by atoms with Crippen molar-refractivity contribution < 1.29 is 24.2 Å². The van der Waals surface area contributed by atoms with E-state index >= 15 is 0 Å². The van der Waals surface area contributed by atoms with Crippen LogP contribution in [0.5, 0.6) is 0 Å². The molecule has 0 aliphatic carbocycles. The molecule has 0 radical (unpaired) electrons. The van der Waals surface area contributed by atoms with E-state index in [1.165, 1.54) is 0 Å². The van der Waals surface area contributed by atoms with E-state index in [1.807, 2.05) is 49.2 Å². The molecule has 8 heteroatoms. The van der Waals surface area contributed by atoms with E-state index in [4.69, 9.17) is 9.47 Å². The summed E-state index contributed by atoms with van der Waals surface area (Å²) in [6, 6.07) is 8.70. The molecular weight excluding hydrogens is 458 g/mol. The lowest BCUT2D eigenvalue weighted by atomic mass is 9.91. The number of likely N-dealkylation sites (tertiary alicyclic amines) is 1. The summed E-state index contributed by atoms with van der Waals surface area (Å²) in [6.07, 6.45) is 1.41. The van der Waals surface area contributed by atoms with Gasteiger partial charge in [-0.3, -0.25) is 9.59 Å². The number of carbonyl (C=O) groups excluding carboxylic acids is 2. The fourth-order valence-corrected chi connectivity index (χ4v) is 5.40. The second kappa shape index (κ2) is 14.7. The number of benzene rings is 1. The molecule has 1 saturated heterocycles. The number of carbonyl (C=O) groups is 2. The lowest BCUT2D eigenvalue weighted by Gasteiger charge is -2.36.